The van der Waals surface area contributed by atoms with Gasteiger partial charge in [-0.05, 0) is 54.8 Å². The summed E-state index contributed by atoms with van der Waals surface area (Å²) in [7, 11) is 0. The van der Waals surface area contributed by atoms with Gasteiger partial charge in [-0.3, -0.25) is 0 Å². The van der Waals surface area contributed by atoms with E-state index in [4.69, 9.17) is 33.7 Å². The molecule has 0 bridgehead atoms. The van der Waals surface area contributed by atoms with E-state index in [1.807, 2.05) is 49.4 Å². The van der Waals surface area contributed by atoms with Gasteiger partial charge >= 0.3 is 0 Å². The van der Waals surface area contributed by atoms with E-state index in [2.05, 4.69) is 0 Å². The Morgan fingerprint density at radius 1 is 1.10 bits per heavy atom. The molecule has 2 rings (SSSR count). The van der Waals surface area contributed by atoms with Crippen molar-refractivity contribution in [2.45, 2.75) is 26.0 Å². The third-order valence-corrected chi connectivity index (χ3v) is 3.32. The molecule has 2 aromatic rings. The van der Waals surface area contributed by atoms with Crippen molar-refractivity contribution in [3.05, 3.63) is 63.6 Å². The number of hydrogen-bond acceptors (Lipinski definition) is 2. The van der Waals surface area contributed by atoms with Crippen molar-refractivity contribution in [2.24, 2.45) is 5.73 Å². The minimum absolute atomic E-state index is 0.0574. The Kier molecular flexibility index (Phi) is 5.30. The summed E-state index contributed by atoms with van der Waals surface area (Å²) in [4.78, 5) is 0. The van der Waals surface area contributed by atoms with Crippen LogP contribution in [0.1, 0.15) is 18.1 Å². The lowest BCUT2D eigenvalue weighted by Gasteiger charge is -2.13. The van der Waals surface area contributed by atoms with E-state index in [0.29, 0.717) is 16.7 Å². The van der Waals surface area contributed by atoms with E-state index in [-0.39, 0.29) is 6.04 Å². The van der Waals surface area contributed by atoms with Gasteiger partial charge in [0.05, 0.1) is 0 Å². The van der Waals surface area contributed by atoms with Gasteiger partial charge in [0.15, 0.2) is 0 Å². The molecule has 0 saturated heterocycles. The molecule has 20 heavy (non-hydrogen) atoms. The molecule has 0 amide bonds. The molecule has 0 radical (unpaired) electrons. The van der Waals surface area contributed by atoms with Crippen molar-refractivity contribution in [1.29, 1.82) is 0 Å². The summed E-state index contributed by atoms with van der Waals surface area (Å²) in [5.74, 6) is 0.812. The van der Waals surface area contributed by atoms with E-state index in [1.165, 1.54) is 0 Å². The van der Waals surface area contributed by atoms with Crippen LogP contribution in [0.4, 0.5) is 0 Å². The summed E-state index contributed by atoms with van der Waals surface area (Å²) in [6, 6.07) is 13.3. The first-order valence-corrected chi connectivity index (χ1v) is 7.21. The maximum absolute atomic E-state index is 6.02. The first-order chi connectivity index (χ1) is 9.54. The highest BCUT2D eigenvalue weighted by Crippen LogP contribution is 2.25. The van der Waals surface area contributed by atoms with Gasteiger partial charge in [0.2, 0.25) is 0 Å². The molecule has 2 N–H and O–H groups in total. The standard InChI is InChI=1S/C16H17Cl2NO/c1-11(19)7-13-9-15(18)5-6-16(13)20-10-12-3-2-4-14(17)8-12/h2-6,8-9,11H,7,10,19H2,1H3. The molecule has 0 spiro atoms. The highest BCUT2D eigenvalue weighted by atomic mass is 35.5. The topological polar surface area (TPSA) is 35.2 Å². The van der Waals surface area contributed by atoms with E-state index in [1.54, 1.807) is 0 Å². The SMILES string of the molecule is CC(N)Cc1cc(Cl)ccc1OCc1cccc(Cl)c1. The lowest BCUT2D eigenvalue weighted by atomic mass is 10.1. The first kappa shape index (κ1) is 15.2. The second-order valence-corrected chi connectivity index (χ2v) is 5.72. The van der Waals surface area contributed by atoms with Crippen molar-refractivity contribution in [3.8, 4) is 5.75 Å². The lowest BCUT2D eigenvalue weighted by molar-refractivity contribution is 0.302. The van der Waals surface area contributed by atoms with Crippen LogP contribution in [-0.4, -0.2) is 6.04 Å². The van der Waals surface area contributed by atoms with Gasteiger partial charge in [0.25, 0.3) is 0 Å². The number of benzene rings is 2. The van der Waals surface area contributed by atoms with Crippen LogP contribution in [-0.2, 0) is 13.0 Å². The fraction of sp³-hybridized carbons (Fsp3) is 0.250. The van der Waals surface area contributed by atoms with Crippen LogP contribution in [0.5, 0.6) is 5.75 Å². The highest BCUT2D eigenvalue weighted by molar-refractivity contribution is 6.30. The van der Waals surface area contributed by atoms with Gasteiger partial charge in [-0.15, -0.1) is 0 Å². The molecule has 0 aliphatic carbocycles. The van der Waals surface area contributed by atoms with Crippen LogP contribution < -0.4 is 10.5 Å². The Balaban J connectivity index is 2.12. The zero-order valence-electron chi connectivity index (χ0n) is 11.3. The minimum Gasteiger partial charge on any atom is -0.489 e. The van der Waals surface area contributed by atoms with E-state index >= 15 is 0 Å². The fourth-order valence-electron chi connectivity index (χ4n) is 1.98. The van der Waals surface area contributed by atoms with Crippen molar-refractivity contribution in [2.75, 3.05) is 0 Å². The number of ether oxygens (including phenoxy) is 1. The van der Waals surface area contributed by atoms with Crippen molar-refractivity contribution in [3.63, 3.8) is 0 Å². The zero-order chi connectivity index (χ0) is 14.5. The van der Waals surface area contributed by atoms with Crippen molar-refractivity contribution < 1.29 is 4.74 Å². The Morgan fingerprint density at radius 3 is 2.55 bits per heavy atom. The summed E-state index contributed by atoms with van der Waals surface area (Å²) in [5.41, 5.74) is 7.90. The van der Waals surface area contributed by atoms with Crippen LogP contribution in [0, 0.1) is 0 Å². The molecule has 4 heteroatoms. The zero-order valence-corrected chi connectivity index (χ0v) is 12.8. The van der Waals surface area contributed by atoms with Crippen LogP contribution in [0.2, 0.25) is 10.0 Å². The largest absolute Gasteiger partial charge is 0.489 e. The molecule has 2 nitrogen and oxygen atoms in total. The highest BCUT2D eigenvalue weighted by Gasteiger charge is 2.08. The fourth-order valence-corrected chi connectivity index (χ4v) is 2.39. The van der Waals surface area contributed by atoms with Gasteiger partial charge in [-0.2, -0.15) is 0 Å². The molecule has 0 saturated carbocycles. The quantitative estimate of drug-likeness (QED) is 0.885. The molecule has 0 fully saturated rings. The van der Waals surface area contributed by atoms with Gasteiger partial charge in [-0.1, -0.05) is 35.3 Å². The van der Waals surface area contributed by atoms with Crippen LogP contribution in [0.15, 0.2) is 42.5 Å². The molecule has 0 heterocycles. The van der Waals surface area contributed by atoms with Crippen molar-refractivity contribution >= 4 is 23.2 Å². The number of nitrogens with two attached hydrogens (primary N) is 1. The van der Waals surface area contributed by atoms with Gasteiger partial charge in [0.1, 0.15) is 12.4 Å². The van der Waals surface area contributed by atoms with Gasteiger partial charge < -0.3 is 10.5 Å². The predicted molar refractivity (Wildman–Crippen MR) is 84.6 cm³/mol. The second-order valence-electron chi connectivity index (χ2n) is 4.85. The third-order valence-electron chi connectivity index (χ3n) is 2.85. The summed E-state index contributed by atoms with van der Waals surface area (Å²) < 4.78 is 5.86. The van der Waals surface area contributed by atoms with Crippen LogP contribution >= 0.6 is 23.2 Å². The summed E-state index contributed by atoms with van der Waals surface area (Å²) in [6.45, 7) is 2.43. The molecular weight excluding hydrogens is 293 g/mol. The monoisotopic (exact) mass is 309 g/mol. The maximum Gasteiger partial charge on any atom is 0.123 e. The minimum atomic E-state index is 0.0574. The van der Waals surface area contributed by atoms with E-state index in [0.717, 1.165) is 23.3 Å². The first-order valence-electron chi connectivity index (χ1n) is 6.46. The lowest BCUT2D eigenvalue weighted by Crippen LogP contribution is -2.18. The normalized spacial score (nSPS) is 12.2. The molecule has 0 aliphatic rings. The van der Waals surface area contributed by atoms with Crippen LogP contribution in [0.3, 0.4) is 0 Å². The predicted octanol–water partition coefficient (Wildman–Crippen LogP) is 4.46. The molecule has 106 valence electrons. The molecular formula is C16H17Cl2NO. The maximum atomic E-state index is 6.02. The van der Waals surface area contributed by atoms with E-state index in [9.17, 15) is 0 Å². The third kappa shape index (κ3) is 4.41. The van der Waals surface area contributed by atoms with Gasteiger partial charge in [-0.25, -0.2) is 0 Å². The Morgan fingerprint density at radius 2 is 1.85 bits per heavy atom. The summed E-state index contributed by atoms with van der Waals surface area (Å²) in [6.07, 6.45) is 0.728. The van der Waals surface area contributed by atoms with Crippen LogP contribution in [0.25, 0.3) is 0 Å². The molecule has 0 aliphatic heterocycles. The molecule has 2 aromatic carbocycles. The molecule has 0 aromatic heterocycles. The van der Waals surface area contributed by atoms with Crippen molar-refractivity contribution in [1.82, 2.24) is 0 Å². The smallest absolute Gasteiger partial charge is 0.123 e. The average molecular weight is 310 g/mol. The Hall–Kier alpha value is -1.22. The van der Waals surface area contributed by atoms with E-state index < -0.39 is 0 Å². The molecule has 1 atom stereocenters. The number of hydrogen-bond donors (Lipinski definition) is 1. The average Bonchev–Trinajstić information content (AvgIpc) is 2.37. The Labute approximate surface area is 129 Å². The second kappa shape index (κ2) is 6.98. The summed E-state index contributed by atoms with van der Waals surface area (Å²) in [5, 5.41) is 1.40. The number of halogens is 2. The summed E-state index contributed by atoms with van der Waals surface area (Å²) >= 11 is 12.0. The Bertz CT molecular complexity index is 584. The molecule has 1 unspecified atom stereocenters. The van der Waals surface area contributed by atoms with Gasteiger partial charge in [0, 0.05) is 16.1 Å². The number of rotatable bonds is 5.